The second-order valence-electron chi connectivity index (χ2n) is 5.54. The zero-order valence-electron chi connectivity index (χ0n) is 12.8. The maximum Gasteiger partial charge on any atom is 0.338 e. The fourth-order valence-electron chi connectivity index (χ4n) is 2.64. The van der Waals surface area contributed by atoms with E-state index in [1.165, 1.54) is 5.69 Å². The van der Waals surface area contributed by atoms with E-state index in [9.17, 15) is 4.79 Å². The molecule has 0 aromatic heterocycles. The molecule has 0 N–H and O–H groups in total. The van der Waals surface area contributed by atoms with Crippen LogP contribution in [0.4, 0.5) is 5.69 Å². The van der Waals surface area contributed by atoms with Crippen LogP contribution in [-0.2, 0) is 4.74 Å². The first-order valence-corrected chi connectivity index (χ1v) is 7.27. The summed E-state index contributed by atoms with van der Waals surface area (Å²) in [7, 11) is 2.18. The highest BCUT2D eigenvalue weighted by molar-refractivity contribution is 5.89. The van der Waals surface area contributed by atoms with Crippen molar-refractivity contribution in [1.82, 2.24) is 4.90 Å². The van der Waals surface area contributed by atoms with Crippen molar-refractivity contribution in [3.05, 3.63) is 29.8 Å². The molecule has 1 aromatic carbocycles. The van der Waals surface area contributed by atoms with Crippen molar-refractivity contribution >= 4 is 11.7 Å². The topological polar surface area (TPSA) is 32.8 Å². The van der Waals surface area contributed by atoms with Crippen LogP contribution in [0.1, 0.15) is 31.1 Å². The average Bonchev–Trinajstić information content (AvgIpc) is 2.44. The predicted molar refractivity (Wildman–Crippen MR) is 81.3 cm³/mol. The maximum atomic E-state index is 11.6. The van der Waals surface area contributed by atoms with E-state index >= 15 is 0 Å². The highest BCUT2D eigenvalue weighted by Gasteiger charge is 2.26. The van der Waals surface area contributed by atoms with Crippen LogP contribution in [0, 0.1) is 0 Å². The van der Waals surface area contributed by atoms with Crippen LogP contribution < -0.4 is 4.90 Å². The number of benzene rings is 1. The Kier molecular flexibility index (Phi) is 4.65. The molecule has 0 radical (unpaired) electrons. The molecule has 2 atom stereocenters. The highest BCUT2D eigenvalue weighted by Crippen LogP contribution is 2.22. The Morgan fingerprint density at radius 2 is 1.75 bits per heavy atom. The summed E-state index contributed by atoms with van der Waals surface area (Å²) < 4.78 is 5.00. The third kappa shape index (κ3) is 3.12. The van der Waals surface area contributed by atoms with Crippen molar-refractivity contribution in [2.45, 2.75) is 32.9 Å². The van der Waals surface area contributed by atoms with Crippen LogP contribution in [0.2, 0.25) is 0 Å². The van der Waals surface area contributed by atoms with E-state index in [-0.39, 0.29) is 5.97 Å². The van der Waals surface area contributed by atoms with Gasteiger partial charge in [0.1, 0.15) is 0 Å². The quantitative estimate of drug-likeness (QED) is 0.794. The molecule has 0 amide bonds. The molecule has 0 saturated carbocycles. The first kappa shape index (κ1) is 14.9. The Morgan fingerprint density at radius 3 is 2.25 bits per heavy atom. The van der Waals surface area contributed by atoms with E-state index in [0.29, 0.717) is 24.3 Å². The molecular formula is C16H24N2O2. The summed E-state index contributed by atoms with van der Waals surface area (Å²) in [6.45, 7) is 8.75. The van der Waals surface area contributed by atoms with Gasteiger partial charge in [0, 0.05) is 30.9 Å². The summed E-state index contributed by atoms with van der Waals surface area (Å²) in [6, 6.07) is 8.78. The zero-order valence-corrected chi connectivity index (χ0v) is 12.8. The van der Waals surface area contributed by atoms with Crippen molar-refractivity contribution in [1.29, 1.82) is 0 Å². The smallest absolute Gasteiger partial charge is 0.338 e. The molecule has 20 heavy (non-hydrogen) atoms. The first-order valence-electron chi connectivity index (χ1n) is 7.27. The van der Waals surface area contributed by atoms with Crippen molar-refractivity contribution in [2.75, 3.05) is 31.6 Å². The lowest BCUT2D eigenvalue weighted by atomic mass is 10.1. The standard InChI is InChI=1S/C16H24N2O2/c1-5-20-16(19)14-6-8-15(9-7-14)18-10-12(2)17(4)13(3)11-18/h6-9,12-13H,5,10-11H2,1-4H3/t12-,13-/m1/s1. The van der Waals surface area contributed by atoms with Gasteiger partial charge in [-0.05, 0) is 52.1 Å². The molecule has 1 aliphatic heterocycles. The van der Waals surface area contributed by atoms with Gasteiger partial charge in [-0.3, -0.25) is 4.90 Å². The number of esters is 1. The number of rotatable bonds is 3. The van der Waals surface area contributed by atoms with Gasteiger partial charge in [-0.1, -0.05) is 0 Å². The molecule has 2 rings (SSSR count). The van der Waals surface area contributed by atoms with Crippen molar-refractivity contribution < 1.29 is 9.53 Å². The predicted octanol–water partition coefficient (Wildman–Crippen LogP) is 2.39. The van der Waals surface area contributed by atoms with E-state index < -0.39 is 0 Å². The number of carbonyl (C=O) groups excluding carboxylic acids is 1. The molecule has 110 valence electrons. The maximum absolute atomic E-state index is 11.6. The summed E-state index contributed by atoms with van der Waals surface area (Å²) in [4.78, 5) is 16.4. The highest BCUT2D eigenvalue weighted by atomic mass is 16.5. The second kappa shape index (κ2) is 6.27. The first-order chi connectivity index (χ1) is 9.52. The van der Waals surface area contributed by atoms with Gasteiger partial charge < -0.3 is 9.64 Å². The monoisotopic (exact) mass is 276 g/mol. The molecule has 4 heteroatoms. The lowest BCUT2D eigenvalue weighted by Crippen LogP contribution is -2.55. The molecule has 0 bridgehead atoms. The number of carbonyl (C=O) groups is 1. The van der Waals surface area contributed by atoms with E-state index in [1.807, 2.05) is 31.2 Å². The molecule has 1 saturated heterocycles. The van der Waals surface area contributed by atoms with E-state index in [2.05, 4.69) is 30.7 Å². The van der Waals surface area contributed by atoms with Crippen LogP contribution in [-0.4, -0.2) is 49.7 Å². The normalized spacial score (nSPS) is 23.7. The minimum absolute atomic E-state index is 0.251. The Labute approximate surface area is 121 Å². The minimum Gasteiger partial charge on any atom is -0.462 e. The fraction of sp³-hybridized carbons (Fsp3) is 0.562. The van der Waals surface area contributed by atoms with Gasteiger partial charge in [0.15, 0.2) is 0 Å². The SMILES string of the molecule is CCOC(=O)c1ccc(N2C[C@@H](C)N(C)[C@H](C)C2)cc1. The van der Waals surface area contributed by atoms with Gasteiger partial charge in [-0.2, -0.15) is 0 Å². The summed E-state index contributed by atoms with van der Waals surface area (Å²) in [5.41, 5.74) is 1.79. The van der Waals surface area contributed by atoms with Crippen molar-refractivity contribution in [2.24, 2.45) is 0 Å². The summed E-state index contributed by atoms with van der Waals surface area (Å²) >= 11 is 0. The van der Waals surface area contributed by atoms with Crippen LogP contribution in [0.15, 0.2) is 24.3 Å². The Hall–Kier alpha value is -1.55. The average molecular weight is 276 g/mol. The number of anilines is 1. The van der Waals surface area contributed by atoms with Crippen LogP contribution in [0.3, 0.4) is 0 Å². The van der Waals surface area contributed by atoms with E-state index in [0.717, 1.165) is 13.1 Å². The van der Waals surface area contributed by atoms with Gasteiger partial charge in [0.2, 0.25) is 0 Å². The Bertz CT molecular complexity index is 446. The third-order valence-electron chi connectivity index (χ3n) is 4.10. The van der Waals surface area contributed by atoms with Gasteiger partial charge >= 0.3 is 5.97 Å². The van der Waals surface area contributed by atoms with Gasteiger partial charge in [0.05, 0.1) is 12.2 Å². The molecule has 4 nitrogen and oxygen atoms in total. The molecule has 0 spiro atoms. The molecule has 1 fully saturated rings. The van der Waals surface area contributed by atoms with Crippen LogP contribution in [0.5, 0.6) is 0 Å². The van der Waals surface area contributed by atoms with E-state index in [1.54, 1.807) is 0 Å². The number of ether oxygens (including phenoxy) is 1. The third-order valence-corrected chi connectivity index (χ3v) is 4.10. The number of hydrogen-bond acceptors (Lipinski definition) is 4. The lowest BCUT2D eigenvalue weighted by molar-refractivity contribution is 0.0526. The number of piperazine rings is 1. The molecule has 0 unspecified atom stereocenters. The van der Waals surface area contributed by atoms with Crippen molar-refractivity contribution in [3.63, 3.8) is 0 Å². The fourth-order valence-corrected chi connectivity index (χ4v) is 2.64. The van der Waals surface area contributed by atoms with Gasteiger partial charge in [-0.25, -0.2) is 4.79 Å². The summed E-state index contributed by atoms with van der Waals surface area (Å²) in [6.07, 6.45) is 0. The zero-order chi connectivity index (χ0) is 14.7. The second-order valence-corrected chi connectivity index (χ2v) is 5.54. The number of likely N-dealkylation sites (N-methyl/N-ethyl adjacent to an activating group) is 1. The Morgan fingerprint density at radius 1 is 1.20 bits per heavy atom. The minimum atomic E-state index is -0.251. The van der Waals surface area contributed by atoms with Gasteiger partial charge in [-0.15, -0.1) is 0 Å². The number of nitrogens with zero attached hydrogens (tertiary/aromatic N) is 2. The van der Waals surface area contributed by atoms with E-state index in [4.69, 9.17) is 4.74 Å². The molecule has 1 aliphatic rings. The molecule has 1 aromatic rings. The molecule has 0 aliphatic carbocycles. The van der Waals surface area contributed by atoms with Crippen LogP contribution in [0.25, 0.3) is 0 Å². The lowest BCUT2D eigenvalue weighted by Gasteiger charge is -2.43. The molecule has 1 heterocycles. The Balaban J connectivity index is 2.08. The largest absolute Gasteiger partial charge is 0.462 e. The van der Waals surface area contributed by atoms with Gasteiger partial charge in [0.25, 0.3) is 0 Å². The number of hydrogen-bond donors (Lipinski definition) is 0. The van der Waals surface area contributed by atoms with Crippen LogP contribution >= 0.6 is 0 Å². The summed E-state index contributed by atoms with van der Waals surface area (Å²) in [5.74, 6) is -0.251. The molecular weight excluding hydrogens is 252 g/mol. The summed E-state index contributed by atoms with van der Waals surface area (Å²) in [5, 5.41) is 0. The van der Waals surface area contributed by atoms with Crippen molar-refractivity contribution in [3.8, 4) is 0 Å².